The molecule has 32 heavy (non-hydrogen) atoms. The summed E-state index contributed by atoms with van der Waals surface area (Å²) in [5, 5.41) is 0.384. The van der Waals surface area contributed by atoms with E-state index in [1.54, 1.807) is 33.7 Å². The minimum Gasteiger partial charge on any atom is -0.340 e. The van der Waals surface area contributed by atoms with Gasteiger partial charge in [-0.25, -0.2) is 8.42 Å². The van der Waals surface area contributed by atoms with Crippen LogP contribution in [-0.4, -0.2) is 67.4 Å². The van der Waals surface area contributed by atoms with E-state index in [9.17, 15) is 18.0 Å². The maximum atomic E-state index is 13.5. The van der Waals surface area contributed by atoms with Gasteiger partial charge in [-0.15, -0.1) is 11.8 Å². The van der Waals surface area contributed by atoms with E-state index in [4.69, 9.17) is 0 Å². The quantitative estimate of drug-likeness (QED) is 0.685. The van der Waals surface area contributed by atoms with Crippen molar-refractivity contribution in [1.82, 2.24) is 9.21 Å². The van der Waals surface area contributed by atoms with Gasteiger partial charge >= 0.3 is 0 Å². The van der Waals surface area contributed by atoms with Gasteiger partial charge in [-0.1, -0.05) is 25.1 Å². The van der Waals surface area contributed by atoms with Crippen molar-refractivity contribution in [2.75, 3.05) is 37.6 Å². The van der Waals surface area contributed by atoms with Gasteiger partial charge in [0.15, 0.2) is 0 Å². The zero-order valence-corrected chi connectivity index (χ0v) is 19.9. The normalized spacial score (nSPS) is 19.9. The number of hydrogen-bond donors (Lipinski definition) is 0. The Morgan fingerprint density at radius 1 is 0.969 bits per heavy atom. The molecule has 4 rings (SSSR count). The summed E-state index contributed by atoms with van der Waals surface area (Å²) in [4.78, 5) is 29.6. The number of benzene rings is 2. The lowest BCUT2D eigenvalue weighted by molar-refractivity contribution is -0.129. The van der Waals surface area contributed by atoms with Gasteiger partial charge in [-0.3, -0.25) is 9.59 Å². The first-order valence-corrected chi connectivity index (χ1v) is 13.0. The Morgan fingerprint density at radius 2 is 1.69 bits per heavy atom. The average molecular weight is 474 g/mol. The third kappa shape index (κ3) is 4.55. The number of amides is 2. The predicted molar refractivity (Wildman–Crippen MR) is 126 cm³/mol. The van der Waals surface area contributed by atoms with Crippen LogP contribution in [0.1, 0.15) is 30.6 Å². The summed E-state index contributed by atoms with van der Waals surface area (Å²) >= 11 is 1.75. The summed E-state index contributed by atoms with van der Waals surface area (Å²) in [5.74, 6) is -0.259. The Hall–Kier alpha value is -2.36. The third-order valence-corrected chi connectivity index (χ3v) is 9.02. The molecule has 2 aliphatic rings. The molecule has 2 heterocycles. The largest absolute Gasteiger partial charge is 0.340 e. The van der Waals surface area contributed by atoms with Gasteiger partial charge in [0.1, 0.15) is 0 Å². The summed E-state index contributed by atoms with van der Waals surface area (Å²) in [6, 6.07) is 14.1. The van der Waals surface area contributed by atoms with E-state index in [2.05, 4.69) is 6.92 Å². The molecule has 0 N–H and O–H groups in total. The highest BCUT2D eigenvalue weighted by Crippen LogP contribution is 2.38. The van der Waals surface area contributed by atoms with E-state index in [-0.39, 0.29) is 29.8 Å². The van der Waals surface area contributed by atoms with Crippen LogP contribution < -0.4 is 4.90 Å². The first-order chi connectivity index (χ1) is 15.3. The van der Waals surface area contributed by atoms with Crippen LogP contribution in [0.15, 0.2) is 58.3 Å². The molecule has 0 aliphatic carbocycles. The number of hydrogen-bond acceptors (Lipinski definition) is 5. The lowest BCUT2D eigenvalue weighted by Gasteiger charge is -2.33. The molecule has 1 unspecified atom stereocenters. The summed E-state index contributed by atoms with van der Waals surface area (Å²) < 4.78 is 27.8. The number of sulfonamides is 1. The molecule has 0 spiro atoms. The second-order valence-electron chi connectivity index (χ2n) is 8.08. The molecule has 0 bridgehead atoms. The van der Waals surface area contributed by atoms with Crippen molar-refractivity contribution < 1.29 is 18.0 Å². The van der Waals surface area contributed by atoms with Crippen molar-refractivity contribution in [2.45, 2.75) is 35.3 Å². The van der Waals surface area contributed by atoms with Gasteiger partial charge in [-0.05, 0) is 36.8 Å². The summed E-state index contributed by atoms with van der Waals surface area (Å²) in [5.41, 5.74) is 1.21. The highest BCUT2D eigenvalue weighted by molar-refractivity contribution is 8.00. The fourth-order valence-electron chi connectivity index (χ4n) is 4.04. The van der Waals surface area contributed by atoms with Crippen LogP contribution in [-0.2, 0) is 14.8 Å². The van der Waals surface area contributed by atoms with Crippen LogP contribution in [0.3, 0.4) is 0 Å². The minimum atomic E-state index is -3.75. The van der Waals surface area contributed by atoms with Crippen LogP contribution in [0.4, 0.5) is 5.69 Å². The van der Waals surface area contributed by atoms with Gasteiger partial charge in [0.2, 0.25) is 15.9 Å². The van der Waals surface area contributed by atoms with Gasteiger partial charge in [-0.2, -0.15) is 4.31 Å². The number of carbonyl (C=O) groups is 2. The van der Waals surface area contributed by atoms with Gasteiger partial charge in [0.05, 0.1) is 10.6 Å². The second-order valence-corrected chi connectivity index (χ2v) is 11.5. The molecule has 0 radical (unpaired) electrons. The molecule has 2 amide bonds. The summed E-state index contributed by atoms with van der Waals surface area (Å²) in [6.45, 7) is 5.44. The first-order valence-electron chi connectivity index (χ1n) is 10.7. The van der Waals surface area contributed by atoms with Crippen molar-refractivity contribution in [1.29, 1.82) is 0 Å². The van der Waals surface area contributed by atoms with Crippen molar-refractivity contribution in [3.63, 3.8) is 0 Å². The third-order valence-electron chi connectivity index (χ3n) is 5.89. The van der Waals surface area contributed by atoms with Crippen LogP contribution >= 0.6 is 11.8 Å². The number of fused-ring (bicyclic) bond motifs is 1. The number of para-hydroxylation sites is 1. The second kappa shape index (κ2) is 9.25. The number of piperazine rings is 1. The van der Waals surface area contributed by atoms with Crippen LogP contribution in [0.25, 0.3) is 0 Å². The Kier molecular flexibility index (Phi) is 6.60. The lowest BCUT2D eigenvalue weighted by Crippen LogP contribution is -2.49. The molecule has 1 atom stereocenters. The average Bonchev–Trinajstić information content (AvgIpc) is 2.97. The minimum absolute atomic E-state index is 0.0557. The van der Waals surface area contributed by atoms with Crippen molar-refractivity contribution in [3.8, 4) is 0 Å². The molecule has 2 aliphatic heterocycles. The Labute approximate surface area is 193 Å². The summed E-state index contributed by atoms with van der Waals surface area (Å²) in [7, 11) is -3.75. The van der Waals surface area contributed by atoms with E-state index < -0.39 is 10.0 Å². The number of anilines is 1. The van der Waals surface area contributed by atoms with E-state index in [1.165, 1.54) is 23.4 Å². The fraction of sp³-hybridized carbons (Fsp3) is 0.391. The van der Waals surface area contributed by atoms with Crippen molar-refractivity contribution >= 4 is 39.3 Å². The molecular formula is C23H27N3O4S2. The SMILES string of the molecule is CC(=O)N1CCN(S(=O)(=O)c2cccc(C(=O)N3CCC(C)Sc4ccccc43)c2)CC1. The standard InChI is InChI=1S/C23H27N3O4S2/c1-17-10-11-26(21-8-3-4-9-22(21)31-17)23(28)19-6-5-7-20(16-19)32(29,30)25-14-12-24(13-15-25)18(2)27/h3-9,16-17H,10-15H2,1-2H3. The maximum Gasteiger partial charge on any atom is 0.258 e. The molecule has 0 saturated carbocycles. The molecule has 2 aromatic carbocycles. The summed E-state index contributed by atoms with van der Waals surface area (Å²) in [6.07, 6.45) is 0.851. The lowest BCUT2D eigenvalue weighted by atomic mass is 10.1. The zero-order chi connectivity index (χ0) is 22.9. The number of rotatable bonds is 3. The highest BCUT2D eigenvalue weighted by Gasteiger charge is 2.31. The Balaban J connectivity index is 1.59. The predicted octanol–water partition coefficient (Wildman–Crippen LogP) is 3.07. The van der Waals surface area contributed by atoms with E-state index in [0.717, 1.165) is 17.0 Å². The number of thioether (sulfide) groups is 1. The van der Waals surface area contributed by atoms with Crippen LogP contribution in [0, 0.1) is 0 Å². The molecular weight excluding hydrogens is 446 g/mol. The Morgan fingerprint density at radius 3 is 2.41 bits per heavy atom. The van der Waals surface area contributed by atoms with Gasteiger partial charge in [0, 0.05) is 55.4 Å². The van der Waals surface area contributed by atoms with Crippen molar-refractivity contribution in [2.24, 2.45) is 0 Å². The number of nitrogens with zero attached hydrogens (tertiary/aromatic N) is 3. The van der Waals surface area contributed by atoms with Crippen LogP contribution in [0.5, 0.6) is 0 Å². The van der Waals surface area contributed by atoms with E-state index in [1.807, 2.05) is 24.3 Å². The molecule has 1 saturated heterocycles. The molecule has 0 aromatic heterocycles. The first kappa shape index (κ1) is 22.8. The molecule has 170 valence electrons. The van der Waals surface area contributed by atoms with Gasteiger partial charge in [0.25, 0.3) is 5.91 Å². The molecule has 7 nitrogen and oxygen atoms in total. The monoisotopic (exact) mass is 473 g/mol. The molecule has 2 aromatic rings. The smallest absolute Gasteiger partial charge is 0.258 e. The van der Waals surface area contributed by atoms with Crippen LogP contribution in [0.2, 0.25) is 0 Å². The highest BCUT2D eigenvalue weighted by atomic mass is 32.2. The molecule has 9 heteroatoms. The van der Waals surface area contributed by atoms with E-state index in [0.29, 0.717) is 30.4 Å². The maximum absolute atomic E-state index is 13.5. The van der Waals surface area contributed by atoms with Crippen molar-refractivity contribution in [3.05, 3.63) is 54.1 Å². The zero-order valence-electron chi connectivity index (χ0n) is 18.2. The topological polar surface area (TPSA) is 78.0 Å². The molecule has 1 fully saturated rings. The number of carbonyl (C=O) groups excluding carboxylic acids is 2. The van der Waals surface area contributed by atoms with Gasteiger partial charge < -0.3 is 9.80 Å². The van der Waals surface area contributed by atoms with E-state index >= 15 is 0 Å². The fourth-order valence-corrected chi connectivity index (χ4v) is 6.62. The Bertz CT molecular complexity index is 1130.